The average molecular weight is 291 g/mol. The van der Waals surface area contributed by atoms with Crippen molar-refractivity contribution in [3.8, 4) is 5.75 Å². The number of nitrogens with one attached hydrogen (secondary N) is 1. The fraction of sp³-hybridized carbons (Fsp3) is 0.105. The average Bonchev–Trinajstić information content (AvgIpc) is 2.53. The maximum absolute atomic E-state index is 12.4. The van der Waals surface area contributed by atoms with Gasteiger partial charge in [-0.3, -0.25) is 4.79 Å². The molecular formula is C19H17NO2. The molecule has 1 amide bonds. The van der Waals surface area contributed by atoms with Crippen molar-refractivity contribution < 1.29 is 9.90 Å². The van der Waals surface area contributed by atoms with Gasteiger partial charge in [0.05, 0.1) is 5.56 Å². The van der Waals surface area contributed by atoms with Crippen molar-refractivity contribution in [1.29, 1.82) is 0 Å². The van der Waals surface area contributed by atoms with Crippen molar-refractivity contribution in [1.82, 2.24) is 0 Å². The summed E-state index contributed by atoms with van der Waals surface area (Å²) in [5, 5.41) is 15.0. The zero-order valence-electron chi connectivity index (χ0n) is 12.6. The van der Waals surface area contributed by atoms with Crippen molar-refractivity contribution in [2.24, 2.45) is 0 Å². The highest BCUT2D eigenvalue weighted by atomic mass is 16.3. The van der Waals surface area contributed by atoms with Crippen molar-refractivity contribution in [3.63, 3.8) is 0 Å². The number of hydrogen-bond donors (Lipinski definition) is 2. The normalized spacial score (nSPS) is 10.6. The van der Waals surface area contributed by atoms with E-state index in [2.05, 4.69) is 5.32 Å². The van der Waals surface area contributed by atoms with Gasteiger partial charge in [-0.2, -0.15) is 0 Å². The van der Waals surface area contributed by atoms with E-state index in [4.69, 9.17) is 0 Å². The van der Waals surface area contributed by atoms with Crippen LogP contribution in [0.5, 0.6) is 5.75 Å². The molecule has 0 bridgehead atoms. The number of rotatable bonds is 2. The molecule has 110 valence electrons. The van der Waals surface area contributed by atoms with Crippen molar-refractivity contribution in [2.75, 3.05) is 5.32 Å². The second-order valence-electron chi connectivity index (χ2n) is 5.44. The Labute approximate surface area is 129 Å². The van der Waals surface area contributed by atoms with E-state index in [-0.39, 0.29) is 17.2 Å². The van der Waals surface area contributed by atoms with Gasteiger partial charge < -0.3 is 10.4 Å². The molecular weight excluding hydrogens is 274 g/mol. The fourth-order valence-corrected chi connectivity index (χ4v) is 2.53. The summed E-state index contributed by atoms with van der Waals surface area (Å²) >= 11 is 0. The maximum Gasteiger partial charge on any atom is 0.259 e. The lowest BCUT2D eigenvalue weighted by molar-refractivity contribution is 0.102. The number of carbonyl (C=O) groups is 1. The topological polar surface area (TPSA) is 49.3 Å². The number of amides is 1. The summed E-state index contributed by atoms with van der Waals surface area (Å²) in [5.41, 5.74) is 2.84. The number of aromatic hydroxyl groups is 1. The summed E-state index contributed by atoms with van der Waals surface area (Å²) < 4.78 is 0. The number of phenols is 1. The van der Waals surface area contributed by atoms with Gasteiger partial charge in [-0.15, -0.1) is 0 Å². The number of phenolic OH excluding ortho intramolecular Hbond substituents is 1. The summed E-state index contributed by atoms with van der Waals surface area (Å²) in [4.78, 5) is 12.4. The second kappa shape index (κ2) is 5.53. The lowest BCUT2D eigenvalue weighted by atomic mass is 10.00. The van der Waals surface area contributed by atoms with E-state index in [1.807, 2.05) is 62.4 Å². The molecule has 0 aliphatic rings. The summed E-state index contributed by atoms with van der Waals surface area (Å²) in [7, 11) is 0. The maximum atomic E-state index is 12.4. The van der Waals surface area contributed by atoms with Gasteiger partial charge in [0.15, 0.2) is 0 Å². The Kier molecular flexibility index (Phi) is 3.55. The number of hydrogen-bond acceptors (Lipinski definition) is 2. The van der Waals surface area contributed by atoms with Gasteiger partial charge in [0, 0.05) is 5.69 Å². The monoisotopic (exact) mass is 291 g/mol. The molecule has 0 radical (unpaired) electrons. The van der Waals surface area contributed by atoms with Crippen molar-refractivity contribution in [3.05, 3.63) is 71.3 Å². The Morgan fingerprint density at radius 3 is 2.41 bits per heavy atom. The van der Waals surface area contributed by atoms with E-state index >= 15 is 0 Å². The molecule has 3 nitrogen and oxygen atoms in total. The molecule has 0 saturated carbocycles. The lowest BCUT2D eigenvalue weighted by Crippen LogP contribution is -2.12. The number of anilines is 1. The molecule has 3 aromatic rings. The third-order valence-electron chi connectivity index (χ3n) is 3.83. The van der Waals surface area contributed by atoms with Crippen LogP contribution >= 0.6 is 0 Å². The zero-order valence-corrected chi connectivity index (χ0v) is 12.6. The minimum atomic E-state index is -0.310. The first-order valence-electron chi connectivity index (χ1n) is 7.15. The SMILES string of the molecule is Cc1ccc(NC(=O)c2cc3ccccc3c(C)c2O)cc1. The van der Waals surface area contributed by atoms with Gasteiger partial charge in [0.2, 0.25) is 0 Å². The van der Waals surface area contributed by atoms with Crippen LogP contribution in [0.2, 0.25) is 0 Å². The van der Waals surface area contributed by atoms with Gasteiger partial charge >= 0.3 is 0 Å². The molecule has 0 saturated heterocycles. The number of fused-ring (bicyclic) bond motifs is 1. The van der Waals surface area contributed by atoms with E-state index in [1.165, 1.54) is 0 Å². The van der Waals surface area contributed by atoms with Crippen molar-refractivity contribution in [2.45, 2.75) is 13.8 Å². The van der Waals surface area contributed by atoms with E-state index < -0.39 is 0 Å². The van der Waals surface area contributed by atoms with Gasteiger partial charge in [-0.05, 0) is 48.4 Å². The van der Waals surface area contributed by atoms with Crippen LogP contribution in [0.4, 0.5) is 5.69 Å². The highest BCUT2D eigenvalue weighted by Crippen LogP contribution is 2.31. The van der Waals surface area contributed by atoms with Crippen LogP contribution in [-0.2, 0) is 0 Å². The molecule has 2 N–H and O–H groups in total. The van der Waals surface area contributed by atoms with Crippen LogP contribution in [0.15, 0.2) is 54.6 Å². The molecule has 0 fully saturated rings. The third kappa shape index (κ3) is 2.53. The van der Waals surface area contributed by atoms with Crippen LogP contribution in [-0.4, -0.2) is 11.0 Å². The smallest absolute Gasteiger partial charge is 0.259 e. The molecule has 0 spiro atoms. The largest absolute Gasteiger partial charge is 0.507 e. The van der Waals surface area contributed by atoms with E-state index in [0.717, 1.165) is 16.3 Å². The number of benzene rings is 3. The minimum Gasteiger partial charge on any atom is -0.507 e. The summed E-state index contributed by atoms with van der Waals surface area (Å²) in [6, 6.07) is 17.0. The standard InChI is InChI=1S/C19H17NO2/c1-12-7-9-15(10-8-12)20-19(22)17-11-14-5-3-4-6-16(14)13(2)18(17)21/h3-11,21H,1-2H3,(H,20,22). The first-order chi connectivity index (χ1) is 10.6. The molecule has 0 aliphatic carbocycles. The Bertz CT molecular complexity index is 851. The highest BCUT2D eigenvalue weighted by Gasteiger charge is 2.15. The van der Waals surface area contributed by atoms with Crippen LogP contribution in [0.1, 0.15) is 21.5 Å². The third-order valence-corrected chi connectivity index (χ3v) is 3.83. The second-order valence-corrected chi connectivity index (χ2v) is 5.44. The Morgan fingerprint density at radius 2 is 1.68 bits per heavy atom. The van der Waals surface area contributed by atoms with E-state index in [9.17, 15) is 9.90 Å². The first kappa shape index (κ1) is 14.1. The van der Waals surface area contributed by atoms with Crippen LogP contribution in [0.3, 0.4) is 0 Å². The molecule has 0 aromatic heterocycles. The predicted molar refractivity (Wildman–Crippen MR) is 89.5 cm³/mol. The molecule has 3 aromatic carbocycles. The molecule has 22 heavy (non-hydrogen) atoms. The van der Waals surface area contributed by atoms with Gasteiger partial charge in [-0.1, -0.05) is 42.0 Å². The highest BCUT2D eigenvalue weighted by molar-refractivity contribution is 6.09. The number of carbonyl (C=O) groups excluding carboxylic acids is 1. The zero-order chi connectivity index (χ0) is 15.7. The molecule has 3 heteroatoms. The van der Waals surface area contributed by atoms with Crippen LogP contribution in [0, 0.1) is 13.8 Å². The molecule has 0 atom stereocenters. The molecule has 0 aliphatic heterocycles. The summed E-state index contributed by atoms with van der Waals surface area (Å²) in [6.07, 6.45) is 0. The minimum absolute atomic E-state index is 0.0308. The van der Waals surface area contributed by atoms with Gasteiger partial charge in [-0.25, -0.2) is 0 Å². The van der Waals surface area contributed by atoms with Gasteiger partial charge in [0.1, 0.15) is 5.75 Å². The molecule has 0 heterocycles. The fourth-order valence-electron chi connectivity index (χ4n) is 2.53. The Morgan fingerprint density at radius 1 is 1.00 bits per heavy atom. The summed E-state index contributed by atoms with van der Waals surface area (Å²) in [6.45, 7) is 3.81. The number of aryl methyl sites for hydroxylation is 2. The van der Waals surface area contributed by atoms with Crippen LogP contribution in [0.25, 0.3) is 10.8 Å². The van der Waals surface area contributed by atoms with E-state index in [1.54, 1.807) is 6.07 Å². The lowest BCUT2D eigenvalue weighted by Gasteiger charge is -2.11. The van der Waals surface area contributed by atoms with Crippen molar-refractivity contribution >= 4 is 22.4 Å². The predicted octanol–water partition coefficient (Wildman–Crippen LogP) is 4.41. The van der Waals surface area contributed by atoms with Crippen LogP contribution < -0.4 is 5.32 Å². The van der Waals surface area contributed by atoms with E-state index in [0.29, 0.717) is 11.3 Å². The molecule has 3 rings (SSSR count). The Hall–Kier alpha value is -2.81. The first-order valence-corrected chi connectivity index (χ1v) is 7.15. The molecule has 0 unspecified atom stereocenters. The Balaban J connectivity index is 2.00. The summed E-state index contributed by atoms with van der Waals surface area (Å²) in [5.74, 6) is -0.279. The quantitative estimate of drug-likeness (QED) is 0.734. The van der Waals surface area contributed by atoms with Gasteiger partial charge in [0.25, 0.3) is 5.91 Å².